The van der Waals surface area contributed by atoms with Crippen molar-refractivity contribution in [1.29, 1.82) is 0 Å². The number of aromatic nitrogens is 2. The molecule has 0 aliphatic carbocycles. The topological polar surface area (TPSA) is 86.7 Å². The van der Waals surface area contributed by atoms with Crippen LogP contribution in [0, 0.1) is 6.92 Å². The van der Waals surface area contributed by atoms with Gasteiger partial charge in [0.15, 0.2) is 9.84 Å². The number of carbonyl (C=O) groups excluding carboxylic acids is 1. The third-order valence-electron chi connectivity index (χ3n) is 4.64. The molecule has 0 spiro atoms. The SMILES string of the molecule is Cc1ncc(CN2CCN(C(=O)N(C)C)[C@@H]3CS(=O)(=O)C[C@@H]32)cn1. The van der Waals surface area contributed by atoms with Crippen molar-refractivity contribution in [3.05, 3.63) is 23.8 Å². The number of carbonyl (C=O) groups is 1. The minimum Gasteiger partial charge on any atom is -0.331 e. The molecule has 0 bridgehead atoms. The molecule has 1 aromatic rings. The number of aryl methyl sites for hydroxylation is 1. The molecule has 0 radical (unpaired) electrons. The Morgan fingerprint density at radius 3 is 2.46 bits per heavy atom. The van der Waals surface area contributed by atoms with Crippen LogP contribution in [0.4, 0.5) is 4.79 Å². The molecule has 8 nitrogen and oxygen atoms in total. The summed E-state index contributed by atoms with van der Waals surface area (Å²) in [6.07, 6.45) is 3.55. The number of hydrogen-bond acceptors (Lipinski definition) is 6. The highest BCUT2D eigenvalue weighted by molar-refractivity contribution is 7.91. The first kappa shape index (κ1) is 17.1. The van der Waals surface area contributed by atoms with Gasteiger partial charge in [0.2, 0.25) is 0 Å². The van der Waals surface area contributed by atoms with Gasteiger partial charge in [-0.3, -0.25) is 4.90 Å². The maximum atomic E-state index is 12.4. The van der Waals surface area contributed by atoms with E-state index in [1.165, 1.54) is 4.90 Å². The summed E-state index contributed by atoms with van der Waals surface area (Å²) in [6, 6.07) is -0.584. The lowest BCUT2D eigenvalue weighted by atomic mass is 10.0. The van der Waals surface area contributed by atoms with E-state index in [1.54, 1.807) is 31.4 Å². The monoisotopic (exact) mass is 353 g/mol. The molecule has 1 aromatic heterocycles. The molecule has 0 unspecified atom stereocenters. The fourth-order valence-corrected chi connectivity index (χ4v) is 5.46. The molecule has 24 heavy (non-hydrogen) atoms. The number of piperazine rings is 1. The standard InChI is InChI=1S/C15H23N5O3S/c1-11-16-6-12(7-17-11)8-19-4-5-20(15(21)18(2)3)14-10-24(22,23)9-13(14)19/h6-7,13-14H,4-5,8-10H2,1-3H3/t13-,14+/m0/s1. The maximum Gasteiger partial charge on any atom is 0.319 e. The molecule has 2 saturated heterocycles. The Balaban J connectivity index is 1.81. The Hall–Kier alpha value is -1.74. The number of hydrogen-bond donors (Lipinski definition) is 0. The van der Waals surface area contributed by atoms with E-state index in [2.05, 4.69) is 14.9 Å². The van der Waals surface area contributed by atoms with E-state index in [4.69, 9.17) is 0 Å². The first-order valence-electron chi connectivity index (χ1n) is 7.97. The van der Waals surface area contributed by atoms with Crippen molar-refractivity contribution < 1.29 is 13.2 Å². The molecule has 0 saturated carbocycles. The number of urea groups is 1. The summed E-state index contributed by atoms with van der Waals surface area (Å²) >= 11 is 0. The van der Waals surface area contributed by atoms with E-state index >= 15 is 0 Å². The van der Waals surface area contributed by atoms with Crippen LogP contribution in [0.1, 0.15) is 11.4 Å². The number of amides is 2. The van der Waals surface area contributed by atoms with Crippen LogP contribution in [-0.2, 0) is 16.4 Å². The van der Waals surface area contributed by atoms with Crippen molar-refractivity contribution in [3.63, 3.8) is 0 Å². The maximum absolute atomic E-state index is 12.4. The summed E-state index contributed by atoms with van der Waals surface area (Å²) < 4.78 is 24.3. The first-order chi connectivity index (χ1) is 11.3. The predicted octanol–water partition coefficient (Wildman–Crippen LogP) is -0.250. The quantitative estimate of drug-likeness (QED) is 0.729. The largest absolute Gasteiger partial charge is 0.331 e. The van der Waals surface area contributed by atoms with Crippen LogP contribution >= 0.6 is 0 Å². The molecule has 2 atom stereocenters. The second-order valence-electron chi connectivity index (χ2n) is 6.69. The van der Waals surface area contributed by atoms with E-state index in [-0.39, 0.29) is 29.6 Å². The Labute approximate surface area is 142 Å². The van der Waals surface area contributed by atoms with Crippen LogP contribution in [0.2, 0.25) is 0 Å². The van der Waals surface area contributed by atoms with Gasteiger partial charge in [0, 0.05) is 57.7 Å². The number of sulfone groups is 1. The molecule has 2 aliphatic rings. The van der Waals surface area contributed by atoms with Crippen LogP contribution < -0.4 is 0 Å². The van der Waals surface area contributed by atoms with E-state index in [1.807, 2.05) is 6.92 Å². The van der Waals surface area contributed by atoms with Gasteiger partial charge >= 0.3 is 6.03 Å². The molecule has 9 heteroatoms. The summed E-state index contributed by atoms with van der Waals surface area (Å²) in [5, 5.41) is 0. The lowest BCUT2D eigenvalue weighted by Crippen LogP contribution is -2.61. The number of nitrogens with zero attached hydrogens (tertiary/aromatic N) is 5. The molecule has 3 rings (SSSR count). The fourth-order valence-electron chi connectivity index (χ4n) is 3.45. The average molecular weight is 353 g/mol. The van der Waals surface area contributed by atoms with E-state index in [0.717, 1.165) is 5.56 Å². The molecule has 0 aromatic carbocycles. The van der Waals surface area contributed by atoms with Gasteiger partial charge < -0.3 is 9.80 Å². The van der Waals surface area contributed by atoms with Crippen molar-refractivity contribution in [3.8, 4) is 0 Å². The van der Waals surface area contributed by atoms with Crippen LogP contribution in [-0.4, -0.2) is 89.9 Å². The molecule has 2 aliphatic heterocycles. The minimum atomic E-state index is -3.14. The normalized spacial score (nSPS) is 26.2. The zero-order valence-corrected chi connectivity index (χ0v) is 15.0. The van der Waals surface area contributed by atoms with Gasteiger partial charge in [0.1, 0.15) is 5.82 Å². The zero-order valence-electron chi connectivity index (χ0n) is 14.2. The van der Waals surface area contributed by atoms with Gasteiger partial charge in [-0.05, 0) is 6.92 Å². The second-order valence-corrected chi connectivity index (χ2v) is 8.84. The molecule has 2 fully saturated rings. The second kappa shape index (κ2) is 6.29. The van der Waals surface area contributed by atoms with Crippen LogP contribution in [0.25, 0.3) is 0 Å². The van der Waals surface area contributed by atoms with Gasteiger partial charge in [-0.15, -0.1) is 0 Å². The smallest absolute Gasteiger partial charge is 0.319 e. The van der Waals surface area contributed by atoms with Crippen LogP contribution in [0.3, 0.4) is 0 Å². The number of rotatable bonds is 2. The Bertz CT molecular complexity index is 719. The first-order valence-corrected chi connectivity index (χ1v) is 9.79. The molecule has 132 valence electrons. The van der Waals surface area contributed by atoms with Gasteiger partial charge in [-0.25, -0.2) is 23.2 Å². The highest BCUT2D eigenvalue weighted by Crippen LogP contribution is 2.28. The predicted molar refractivity (Wildman–Crippen MR) is 89.2 cm³/mol. The van der Waals surface area contributed by atoms with E-state index < -0.39 is 9.84 Å². The Morgan fingerprint density at radius 1 is 1.21 bits per heavy atom. The molecule has 3 heterocycles. The van der Waals surface area contributed by atoms with E-state index in [9.17, 15) is 13.2 Å². The van der Waals surface area contributed by atoms with Gasteiger partial charge in [0.05, 0.1) is 17.5 Å². The van der Waals surface area contributed by atoms with Gasteiger partial charge in [-0.2, -0.15) is 0 Å². The third kappa shape index (κ3) is 3.36. The summed E-state index contributed by atoms with van der Waals surface area (Å²) in [5.41, 5.74) is 0.955. The summed E-state index contributed by atoms with van der Waals surface area (Å²) in [7, 11) is 0.244. The van der Waals surface area contributed by atoms with Crippen molar-refractivity contribution in [2.75, 3.05) is 38.7 Å². The Morgan fingerprint density at radius 2 is 1.83 bits per heavy atom. The molecular formula is C15H23N5O3S. The summed E-state index contributed by atoms with van der Waals surface area (Å²) in [5.74, 6) is 0.848. The molecule has 2 amide bonds. The zero-order chi connectivity index (χ0) is 17.5. The third-order valence-corrected chi connectivity index (χ3v) is 6.34. The van der Waals surface area contributed by atoms with Crippen molar-refractivity contribution in [1.82, 2.24) is 24.7 Å². The number of fused-ring (bicyclic) bond motifs is 1. The van der Waals surface area contributed by atoms with Crippen molar-refractivity contribution in [2.45, 2.75) is 25.6 Å². The Kier molecular flexibility index (Phi) is 4.48. The highest BCUT2D eigenvalue weighted by Gasteiger charge is 2.48. The van der Waals surface area contributed by atoms with Crippen molar-refractivity contribution >= 4 is 15.9 Å². The minimum absolute atomic E-state index is 0.0398. The van der Waals surface area contributed by atoms with Crippen molar-refractivity contribution in [2.24, 2.45) is 0 Å². The molecule has 0 N–H and O–H groups in total. The average Bonchev–Trinajstić information content (AvgIpc) is 2.84. The van der Waals surface area contributed by atoms with Crippen LogP contribution in [0.5, 0.6) is 0 Å². The summed E-state index contributed by atoms with van der Waals surface area (Å²) in [6.45, 7) is 3.60. The molecular weight excluding hydrogens is 330 g/mol. The fraction of sp³-hybridized carbons (Fsp3) is 0.667. The van der Waals surface area contributed by atoms with Crippen LogP contribution in [0.15, 0.2) is 12.4 Å². The highest BCUT2D eigenvalue weighted by atomic mass is 32.2. The van der Waals surface area contributed by atoms with Gasteiger partial charge in [0.25, 0.3) is 0 Å². The summed E-state index contributed by atoms with van der Waals surface area (Å²) in [4.78, 5) is 26.1. The lowest BCUT2D eigenvalue weighted by molar-refractivity contribution is 0.0519. The van der Waals surface area contributed by atoms with E-state index in [0.29, 0.717) is 25.5 Å². The lowest BCUT2D eigenvalue weighted by Gasteiger charge is -2.44. The van der Waals surface area contributed by atoms with Gasteiger partial charge in [-0.1, -0.05) is 0 Å².